The van der Waals surface area contributed by atoms with Crippen molar-refractivity contribution in [1.82, 2.24) is 9.88 Å². The van der Waals surface area contributed by atoms with Crippen molar-refractivity contribution in [1.29, 1.82) is 0 Å². The summed E-state index contributed by atoms with van der Waals surface area (Å²) in [7, 11) is 0. The molecule has 6 nitrogen and oxygen atoms in total. The first-order chi connectivity index (χ1) is 16.0. The largest absolute Gasteiger partial charge is 0.478 e. The summed E-state index contributed by atoms with van der Waals surface area (Å²) in [6.07, 6.45) is 2.12. The maximum absolute atomic E-state index is 13.1. The molecule has 2 heterocycles. The van der Waals surface area contributed by atoms with E-state index >= 15 is 0 Å². The first-order valence-electron chi connectivity index (χ1n) is 11.1. The van der Waals surface area contributed by atoms with E-state index in [9.17, 15) is 14.7 Å². The fourth-order valence-corrected chi connectivity index (χ4v) is 4.64. The molecular formula is C27H28N2O4. The molecule has 0 saturated heterocycles. The van der Waals surface area contributed by atoms with E-state index in [1.54, 1.807) is 6.08 Å². The quantitative estimate of drug-likeness (QED) is 0.400. The Bertz CT molecular complexity index is 1170. The molecule has 4 rings (SSSR count). The predicted molar refractivity (Wildman–Crippen MR) is 128 cm³/mol. The number of nitrogens with zero attached hydrogens (tertiary/aromatic N) is 1. The van der Waals surface area contributed by atoms with Gasteiger partial charge in [-0.2, -0.15) is 0 Å². The van der Waals surface area contributed by atoms with E-state index in [0.29, 0.717) is 6.54 Å². The topological polar surface area (TPSA) is 82.6 Å². The van der Waals surface area contributed by atoms with Crippen molar-refractivity contribution in [2.75, 3.05) is 13.1 Å². The Morgan fingerprint density at radius 1 is 1.12 bits per heavy atom. The lowest BCUT2D eigenvalue weighted by Crippen LogP contribution is -2.35. The van der Waals surface area contributed by atoms with E-state index in [-0.39, 0.29) is 5.92 Å². The van der Waals surface area contributed by atoms with Crippen LogP contribution in [0.5, 0.6) is 0 Å². The van der Waals surface area contributed by atoms with Crippen LogP contribution in [0, 0.1) is 5.92 Å². The summed E-state index contributed by atoms with van der Waals surface area (Å²) >= 11 is 0. The van der Waals surface area contributed by atoms with Crippen LogP contribution in [0.1, 0.15) is 22.7 Å². The SMILES string of the molecule is C=CC(OC(=O)C(C=C)C1CN(Cc2ccccc2)CCc2c1[nH]c1ccccc21)C(=O)O. The number of carbonyl (C=O) groups is 2. The Morgan fingerprint density at radius 2 is 1.85 bits per heavy atom. The Morgan fingerprint density at radius 3 is 2.55 bits per heavy atom. The minimum atomic E-state index is -1.40. The summed E-state index contributed by atoms with van der Waals surface area (Å²) in [6.45, 7) is 9.56. The van der Waals surface area contributed by atoms with E-state index in [1.807, 2.05) is 36.4 Å². The van der Waals surface area contributed by atoms with E-state index in [2.05, 4.69) is 41.2 Å². The zero-order chi connectivity index (χ0) is 23.4. The molecule has 0 spiro atoms. The molecule has 0 radical (unpaired) electrons. The summed E-state index contributed by atoms with van der Waals surface area (Å²) in [6, 6.07) is 18.3. The van der Waals surface area contributed by atoms with Gasteiger partial charge in [-0.05, 0) is 29.7 Å². The molecule has 1 aromatic heterocycles. The van der Waals surface area contributed by atoms with Crippen LogP contribution < -0.4 is 0 Å². The molecule has 0 saturated carbocycles. The third kappa shape index (κ3) is 4.76. The monoisotopic (exact) mass is 444 g/mol. The van der Waals surface area contributed by atoms with Crippen molar-refractivity contribution in [2.24, 2.45) is 5.92 Å². The van der Waals surface area contributed by atoms with Crippen LogP contribution in [0.15, 0.2) is 79.9 Å². The van der Waals surface area contributed by atoms with Crippen molar-refractivity contribution in [3.05, 3.63) is 96.7 Å². The lowest BCUT2D eigenvalue weighted by atomic mass is 9.87. The molecule has 2 aromatic carbocycles. The van der Waals surface area contributed by atoms with E-state index in [0.717, 1.165) is 42.2 Å². The first-order valence-corrected chi connectivity index (χ1v) is 11.1. The number of hydrogen-bond donors (Lipinski definition) is 2. The number of ether oxygens (including phenoxy) is 1. The molecule has 0 bridgehead atoms. The number of aliphatic carboxylic acids is 1. The summed E-state index contributed by atoms with van der Waals surface area (Å²) in [4.78, 5) is 30.4. The van der Waals surface area contributed by atoms with Gasteiger partial charge < -0.3 is 14.8 Å². The normalized spacial score (nSPS) is 18.0. The number of aromatic nitrogens is 1. The molecule has 1 aliphatic rings. The Balaban J connectivity index is 1.70. The van der Waals surface area contributed by atoms with Crippen molar-refractivity contribution in [3.63, 3.8) is 0 Å². The van der Waals surface area contributed by atoms with Crippen LogP contribution in [0.25, 0.3) is 10.9 Å². The number of nitrogens with one attached hydrogen (secondary N) is 1. The number of carboxylic acid groups (broad SMARTS) is 1. The third-order valence-corrected chi connectivity index (χ3v) is 6.26. The Kier molecular flexibility index (Phi) is 6.75. The highest BCUT2D eigenvalue weighted by Crippen LogP contribution is 2.37. The molecule has 6 heteroatoms. The average Bonchev–Trinajstić information content (AvgIpc) is 3.10. The Hall–Kier alpha value is -3.64. The van der Waals surface area contributed by atoms with Crippen molar-refractivity contribution < 1.29 is 19.4 Å². The van der Waals surface area contributed by atoms with Crippen molar-refractivity contribution in [3.8, 4) is 0 Å². The lowest BCUT2D eigenvalue weighted by molar-refractivity contribution is -0.163. The molecule has 3 atom stereocenters. The fourth-order valence-electron chi connectivity index (χ4n) is 4.64. The number of rotatable bonds is 8. The second-order valence-electron chi connectivity index (χ2n) is 8.33. The number of hydrogen-bond acceptors (Lipinski definition) is 4. The highest BCUT2D eigenvalue weighted by Gasteiger charge is 2.36. The van der Waals surface area contributed by atoms with Crippen LogP contribution >= 0.6 is 0 Å². The number of esters is 1. The van der Waals surface area contributed by atoms with Crippen LogP contribution in [0.3, 0.4) is 0 Å². The van der Waals surface area contributed by atoms with Crippen LogP contribution in [-0.4, -0.2) is 46.1 Å². The molecule has 3 unspecified atom stereocenters. The maximum Gasteiger partial charge on any atom is 0.349 e. The maximum atomic E-state index is 13.1. The van der Waals surface area contributed by atoms with Crippen LogP contribution in [0.2, 0.25) is 0 Å². The van der Waals surface area contributed by atoms with Gasteiger partial charge in [0, 0.05) is 42.1 Å². The number of H-pyrrole nitrogens is 1. The van der Waals surface area contributed by atoms with Gasteiger partial charge in [0.1, 0.15) is 0 Å². The second-order valence-corrected chi connectivity index (χ2v) is 8.33. The van der Waals surface area contributed by atoms with Crippen molar-refractivity contribution >= 4 is 22.8 Å². The number of carboxylic acids is 1. The van der Waals surface area contributed by atoms with E-state index < -0.39 is 24.0 Å². The molecule has 33 heavy (non-hydrogen) atoms. The van der Waals surface area contributed by atoms with Gasteiger partial charge in [0.25, 0.3) is 0 Å². The molecule has 3 aromatic rings. The van der Waals surface area contributed by atoms with Gasteiger partial charge in [-0.3, -0.25) is 9.69 Å². The number of carbonyl (C=O) groups excluding carboxylic acids is 1. The molecule has 2 N–H and O–H groups in total. The molecule has 0 fully saturated rings. The standard InChI is InChI=1S/C27H28N2O4/c1-3-19(27(32)33-24(4-2)26(30)31)22-17-29(16-18-10-6-5-7-11-18)15-14-21-20-12-8-9-13-23(20)28-25(21)22/h3-13,19,22,24,28H,1-2,14-17H2,(H,30,31). The molecular weight excluding hydrogens is 416 g/mol. The first kappa shape index (κ1) is 22.6. The zero-order valence-electron chi connectivity index (χ0n) is 18.4. The summed E-state index contributed by atoms with van der Waals surface area (Å²) in [5.41, 5.74) is 4.39. The van der Waals surface area contributed by atoms with E-state index in [4.69, 9.17) is 4.74 Å². The van der Waals surface area contributed by atoms with Crippen molar-refractivity contribution in [2.45, 2.75) is 25.0 Å². The minimum absolute atomic E-state index is 0.261. The van der Waals surface area contributed by atoms with Gasteiger partial charge in [-0.15, -0.1) is 6.58 Å². The number of para-hydroxylation sites is 1. The van der Waals surface area contributed by atoms with Crippen LogP contribution in [0.4, 0.5) is 0 Å². The smallest absolute Gasteiger partial charge is 0.349 e. The summed E-state index contributed by atoms with van der Waals surface area (Å²) < 4.78 is 5.29. The highest BCUT2D eigenvalue weighted by molar-refractivity contribution is 5.86. The fraction of sp³-hybridized carbons (Fsp3) is 0.259. The van der Waals surface area contributed by atoms with Gasteiger partial charge in [0.05, 0.1) is 5.92 Å². The molecule has 1 aliphatic heterocycles. The lowest BCUT2D eigenvalue weighted by Gasteiger charge is -2.28. The third-order valence-electron chi connectivity index (χ3n) is 6.26. The van der Waals surface area contributed by atoms with Gasteiger partial charge in [-0.25, -0.2) is 4.79 Å². The van der Waals surface area contributed by atoms with Gasteiger partial charge in [0.15, 0.2) is 0 Å². The molecule has 170 valence electrons. The molecule has 0 amide bonds. The predicted octanol–water partition coefficient (Wildman–Crippen LogP) is 4.29. The average molecular weight is 445 g/mol. The summed E-state index contributed by atoms with van der Waals surface area (Å²) in [5, 5.41) is 10.4. The highest BCUT2D eigenvalue weighted by atomic mass is 16.6. The number of fused-ring (bicyclic) bond motifs is 3. The van der Waals surface area contributed by atoms with Crippen LogP contribution in [-0.2, 0) is 27.3 Å². The second kappa shape index (κ2) is 9.88. The van der Waals surface area contributed by atoms with E-state index in [1.165, 1.54) is 11.1 Å². The van der Waals surface area contributed by atoms with Gasteiger partial charge in [-0.1, -0.05) is 61.2 Å². The Labute approximate surface area is 193 Å². The summed E-state index contributed by atoms with van der Waals surface area (Å²) in [5.74, 6) is -2.84. The zero-order valence-corrected chi connectivity index (χ0v) is 18.4. The minimum Gasteiger partial charge on any atom is -0.478 e. The number of benzene rings is 2. The number of aromatic amines is 1. The van der Waals surface area contributed by atoms with Gasteiger partial charge >= 0.3 is 11.9 Å². The molecule has 0 aliphatic carbocycles. The van der Waals surface area contributed by atoms with Gasteiger partial charge in [0.2, 0.25) is 6.10 Å².